The second-order valence-electron chi connectivity index (χ2n) is 10.4. The molecule has 3 amide bonds. The molecular weight excluding hydrogens is 566 g/mol. The van der Waals surface area contributed by atoms with E-state index < -0.39 is 17.6 Å². The van der Waals surface area contributed by atoms with Gasteiger partial charge < -0.3 is 36.9 Å². The number of aryl methyl sites for hydroxylation is 2. The molecule has 42 heavy (non-hydrogen) atoms. The number of fused-ring (bicyclic) bond motifs is 1. The van der Waals surface area contributed by atoms with Crippen LogP contribution in [0.3, 0.4) is 0 Å². The minimum Gasteiger partial charge on any atom is -0.497 e. The number of methoxy groups -OCH3 is 1. The van der Waals surface area contributed by atoms with E-state index in [0.717, 1.165) is 16.9 Å². The third-order valence-electron chi connectivity index (χ3n) is 6.13. The van der Waals surface area contributed by atoms with Gasteiger partial charge in [-0.25, -0.2) is 23.9 Å². The zero-order chi connectivity index (χ0) is 31.0. The predicted molar refractivity (Wildman–Crippen MR) is 158 cm³/mol. The highest BCUT2D eigenvalue weighted by Gasteiger charge is 2.26. The van der Waals surface area contributed by atoms with Crippen molar-refractivity contribution in [1.29, 1.82) is 0 Å². The molecule has 0 aliphatic heterocycles. The van der Waals surface area contributed by atoms with Crippen LogP contribution in [-0.4, -0.2) is 58.2 Å². The van der Waals surface area contributed by atoms with Crippen LogP contribution in [0.5, 0.6) is 5.75 Å². The average Bonchev–Trinajstić information content (AvgIpc) is 3.22. The quantitative estimate of drug-likeness (QED) is 0.152. The van der Waals surface area contributed by atoms with Crippen LogP contribution in [0.15, 0.2) is 18.2 Å². The van der Waals surface area contributed by atoms with Gasteiger partial charge in [0, 0.05) is 25.6 Å². The Morgan fingerprint density at radius 3 is 2.45 bits per heavy atom. The summed E-state index contributed by atoms with van der Waals surface area (Å²) in [6.07, 6.45) is 0.250. The van der Waals surface area contributed by atoms with Crippen molar-refractivity contribution >= 4 is 52.2 Å². The fraction of sp³-hybridized carbons (Fsp3) is 0.481. The Morgan fingerprint density at radius 2 is 1.79 bits per heavy atom. The Balaban J connectivity index is 1.70. The molecule has 3 aromatic rings. The molecule has 228 valence electrons. The first kappa shape index (κ1) is 32.2. The molecule has 2 aromatic heterocycles. The number of nitrogen functional groups attached to an aromatic ring is 2. The lowest BCUT2D eigenvalue weighted by Crippen LogP contribution is -2.42. The number of ether oxygens (including phenoxy) is 2. The van der Waals surface area contributed by atoms with E-state index in [1.165, 1.54) is 0 Å². The van der Waals surface area contributed by atoms with E-state index in [0.29, 0.717) is 25.3 Å². The number of nitrogens with two attached hydrogens (primary N) is 2. The minimum atomic E-state index is -0.593. The number of hydrogen-bond acceptors (Lipinski definition) is 9. The third-order valence-corrected chi connectivity index (χ3v) is 6.41. The Bertz CT molecular complexity index is 1450. The van der Waals surface area contributed by atoms with Crippen LogP contribution in [0.2, 0.25) is 5.15 Å². The second-order valence-corrected chi connectivity index (χ2v) is 10.7. The summed E-state index contributed by atoms with van der Waals surface area (Å²) < 4.78 is 14.7. The number of nitrogens with one attached hydrogen (secondary N) is 3. The number of carbonyl (C=O) groups excluding carboxylic acids is 3. The number of hydrogen-bond donors (Lipinski definition) is 5. The molecule has 3 rings (SSSR count). The van der Waals surface area contributed by atoms with Crippen LogP contribution >= 0.6 is 11.6 Å². The summed E-state index contributed by atoms with van der Waals surface area (Å²) in [5.74, 6) is 0.591. The van der Waals surface area contributed by atoms with Crippen LogP contribution in [-0.2, 0) is 29.2 Å². The van der Waals surface area contributed by atoms with E-state index >= 15 is 0 Å². The summed E-state index contributed by atoms with van der Waals surface area (Å²) in [7, 11) is 1.60. The smallest absolute Gasteiger partial charge is 0.407 e. The lowest BCUT2D eigenvalue weighted by atomic mass is 10.2. The molecule has 14 nitrogen and oxygen atoms in total. The summed E-state index contributed by atoms with van der Waals surface area (Å²) in [6, 6.07) is 5.73. The van der Waals surface area contributed by atoms with Gasteiger partial charge in [-0.1, -0.05) is 11.6 Å². The molecule has 7 N–H and O–H groups in total. The number of nitrogens with zero attached hydrogens (tertiary/aromatic N) is 4. The van der Waals surface area contributed by atoms with Crippen molar-refractivity contribution in [3.8, 4) is 5.75 Å². The number of carbonyl (C=O) groups is 3. The summed E-state index contributed by atoms with van der Waals surface area (Å²) in [6.45, 7) is 9.11. The van der Waals surface area contributed by atoms with Crippen molar-refractivity contribution in [3.05, 3.63) is 34.9 Å². The first-order valence-electron chi connectivity index (χ1n) is 13.5. The van der Waals surface area contributed by atoms with E-state index in [9.17, 15) is 14.4 Å². The monoisotopic (exact) mass is 604 g/mol. The number of alkyl carbamates (subject to hydrolysis) is 1. The highest BCUT2D eigenvalue weighted by Crippen LogP contribution is 2.22. The molecule has 0 radical (unpaired) electrons. The molecule has 2 heterocycles. The predicted octanol–water partition coefficient (Wildman–Crippen LogP) is 1.92. The summed E-state index contributed by atoms with van der Waals surface area (Å²) in [5.41, 5.74) is 12.6. The molecule has 15 heteroatoms. The summed E-state index contributed by atoms with van der Waals surface area (Å²) in [4.78, 5) is 45.0. The number of imidazole rings is 1. The normalized spacial score (nSPS) is 11.3. The minimum absolute atomic E-state index is 0.0630. The molecule has 0 bridgehead atoms. The highest BCUT2D eigenvalue weighted by atomic mass is 35.5. The van der Waals surface area contributed by atoms with Gasteiger partial charge in [0.15, 0.2) is 33.5 Å². The lowest BCUT2D eigenvalue weighted by Gasteiger charge is -2.19. The van der Waals surface area contributed by atoms with Crippen molar-refractivity contribution in [2.45, 2.75) is 65.8 Å². The number of anilines is 2. The summed E-state index contributed by atoms with van der Waals surface area (Å²) in [5, 5.41) is 8.14. The zero-order valence-corrected chi connectivity index (χ0v) is 25.3. The maximum atomic E-state index is 12.9. The third kappa shape index (κ3) is 8.35. The van der Waals surface area contributed by atoms with Gasteiger partial charge in [0.05, 0.1) is 20.2 Å². The second kappa shape index (κ2) is 14.0. The number of rotatable bonds is 12. The van der Waals surface area contributed by atoms with Crippen molar-refractivity contribution in [2.75, 3.05) is 31.7 Å². The number of amides is 3. The Labute approximate surface area is 249 Å². The molecule has 0 fully saturated rings. The van der Waals surface area contributed by atoms with E-state index in [2.05, 4.69) is 35.1 Å². The van der Waals surface area contributed by atoms with E-state index in [-0.39, 0.29) is 54.4 Å². The molecule has 0 saturated heterocycles. The van der Waals surface area contributed by atoms with Crippen molar-refractivity contribution in [1.82, 2.24) is 30.5 Å². The maximum Gasteiger partial charge on any atom is 0.407 e. The highest BCUT2D eigenvalue weighted by molar-refractivity contribution is 6.31. The first-order chi connectivity index (χ1) is 19.8. The Kier molecular flexibility index (Phi) is 10.8. The van der Waals surface area contributed by atoms with Crippen LogP contribution < -0.4 is 36.7 Å². The Morgan fingerprint density at radius 1 is 1.07 bits per heavy atom. The van der Waals surface area contributed by atoms with E-state index in [1.54, 1.807) is 27.9 Å². The molecule has 0 spiro atoms. The molecule has 0 unspecified atom stereocenters. The Hall–Kier alpha value is -4.33. The first-order valence-corrected chi connectivity index (χ1v) is 13.9. The molecule has 1 aromatic carbocycles. The van der Waals surface area contributed by atoms with Gasteiger partial charge in [0.1, 0.15) is 17.9 Å². The largest absolute Gasteiger partial charge is 0.497 e. The van der Waals surface area contributed by atoms with Crippen LogP contribution in [0, 0.1) is 0 Å². The van der Waals surface area contributed by atoms with E-state index in [4.69, 9.17) is 32.5 Å². The van der Waals surface area contributed by atoms with Gasteiger partial charge in [-0.05, 0) is 46.2 Å². The number of halogens is 1. The molecule has 0 saturated carbocycles. The number of benzene rings is 1. The standard InChI is InChI=1S/C27H38ClN9O5/c1-6-36-18-14-16(41-5)9-10-17(18)37(13-7-8-19(38)31-11-12-32-26(40)42-27(2,3)4)20(36)15-33-25(39)21-23(29)35-24(30)22(28)34-21/h9-10,14H,6-8,11-13,15H2,1-5H3,(H6-,29,30,31,32,33,35,38,39,40)/p+1. The molecule has 0 aliphatic carbocycles. The van der Waals surface area contributed by atoms with Crippen molar-refractivity contribution in [2.24, 2.45) is 0 Å². The fourth-order valence-electron chi connectivity index (χ4n) is 4.31. The topological polar surface area (TPSA) is 192 Å². The summed E-state index contributed by atoms with van der Waals surface area (Å²) >= 11 is 5.95. The van der Waals surface area contributed by atoms with Crippen LogP contribution in [0.1, 0.15) is 56.8 Å². The number of aromatic nitrogens is 4. The average molecular weight is 605 g/mol. The molecule has 0 aliphatic rings. The lowest BCUT2D eigenvalue weighted by molar-refractivity contribution is -0.680. The maximum absolute atomic E-state index is 12.9. The van der Waals surface area contributed by atoms with Gasteiger partial charge in [0.2, 0.25) is 5.91 Å². The van der Waals surface area contributed by atoms with Crippen LogP contribution in [0.25, 0.3) is 11.0 Å². The SMILES string of the molecule is CCn1c(CNC(=O)c2nc(Cl)c(N)nc2N)[n+](CCCC(=O)NCCNC(=O)OC(C)(C)C)c2ccc(OC)cc21. The van der Waals surface area contributed by atoms with Gasteiger partial charge >= 0.3 is 6.09 Å². The van der Waals surface area contributed by atoms with Gasteiger partial charge in [-0.2, -0.15) is 0 Å². The van der Waals surface area contributed by atoms with Gasteiger partial charge in [-0.3, -0.25) is 9.59 Å². The molecule has 0 atom stereocenters. The van der Waals surface area contributed by atoms with Gasteiger partial charge in [0.25, 0.3) is 11.7 Å². The van der Waals surface area contributed by atoms with Crippen LogP contribution in [0.4, 0.5) is 16.4 Å². The van der Waals surface area contributed by atoms with Crippen molar-refractivity contribution < 1.29 is 28.4 Å². The fourth-order valence-corrected chi connectivity index (χ4v) is 4.44. The van der Waals surface area contributed by atoms with E-state index in [1.807, 2.05) is 25.1 Å². The zero-order valence-electron chi connectivity index (χ0n) is 24.5. The van der Waals surface area contributed by atoms with Gasteiger partial charge in [-0.15, -0.1) is 0 Å². The van der Waals surface area contributed by atoms with Crippen molar-refractivity contribution in [3.63, 3.8) is 0 Å². The molecular formula is C27H39ClN9O5+.